The third-order valence-electron chi connectivity index (χ3n) is 10.7. The van der Waals surface area contributed by atoms with Crippen molar-refractivity contribution in [1.82, 2.24) is 0 Å². The van der Waals surface area contributed by atoms with Gasteiger partial charge in [0.2, 0.25) is 0 Å². The fraction of sp³-hybridized carbons (Fsp3) is 0.915. The Balaban J connectivity index is 4.17. The van der Waals surface area contributed by atoms with E-state index in [2.05, 4.69) is 26.0 Å². The maximum atomic E-state index is 12.6. The molecule has 0 fully saturated rings. The smallest absolute Gasteiger partial charge is 0.462 e. The molecule has 0 spiro atoms. The second-order valence-corrected chi connectivity index (χ2v) is 17.9. The Hall–Kier alpha value is -1.29. The Kier molecular flexibility index (Phi) is 42.8. The topological polar surface area (TPSA) is 149 Å². The Morgan fingerprint density at radius 2 is 0.845 bits per heavy atom. The zero-order valence-corrected chi connectivity index (χ0v) is 38.4. The summed E-state index contributed by atoms with van der Waals surface area (Å²) >= 11 is 0. The van der Waals surface area contributed by atoms with Gasteiger partial charge in [-0.15, -0.1) is 0 Å². The first-order chi connectivity index (χ1) is 28.2. The first-order valence-electron chi connectivity index (χ1n) is 24.1. The third-order valence-corrected chi connectivity index (χ3v) is 11.6. The van der Waals surface area contributed by atoms with E-state index in [1.807, 2.05) is 0 Å². The number of phosphoric acid groups is 1. The summed E-state index contributed by atoms with van der Waals surface area (Å²) < 4.78 is 32.8. The van der Waals surface area contributed by atoms with Crippen LogP contribution in [0.3, 0.4) is 0 Å². The maximum absolute atomic E-state index is 12.6. The summed E-state index contributed by atoms with van der Waals surface area (Å²) in [5.41, 5.74) is 0. The molecule has 344 valence electrons. The number of esters is 2. The lowest BCUT2D eigenvalue weighted by Crippen LogP contribution is -2.29. The molecule has 0 radical (unpaired) electrons. The first kappa shape index (κ1) is 56.7. The standard InChI is InChI=1S/C47H91O10P/c1-3-5-7-9-11-13-15-17-19-20-21-22-23-25-26-28-30-32-34-36-38-46(50)54-42-45(43-56-58(52,53)55-41-44(49)40-48)57-47(51)39-37-35-33-31-29-27-24-18-16-14-12-10-8-6-4-2/h18,24,44-45,48-49H,3-17,19-23,25-43H2,1-2H3,(H,52,53)/b24-18-. The molecular formula is C47H91O10P. The van der Waals surface area contributed by atoms with Crippen LogP contribution in [0, 0.1) is 0 Å². The van der Waals surface area contributed by atoms with Gasteiger partial charge in [0, 0.05) is 12.8 Å². The van der Waals surface area contributed by atoms with Gasteiger partial charge in [-0.2, -0.15) is 0 Å². The minimum absolute atomic E-state index is 0.179. The molecule has 11 heteroatoms. The van der Waals surface area contributed by atoms with Gasteiger partial charge in [-0.1, -0.05) is 199 Å². The number of ether oxygens (including phenoxy) is 2. The van der Waals surface area contributed by atoms with Crippen LogP contribution in [0.2, 0.25) is 0 Å². The van der Waals surface area contributed by atoms with E-state index in [1.54, 1.807) is 0 Å². The number of hydrogen-bond acceptors (Lipinski definition) is 9. The summed E-state index contributed by atoms with van der Waals surface area (Å²) in [5, 5.41) is 18.4. The van der Waals surface area contributed by atoms with Gasteiger partial charge in [-0.3, -0.25) is 18.6 Å². The van der Waals surface area contributed by atoms with Crippen LogP contribution in [0.15, 0.2) is 12.2 Å². The highest BCUT2D eigenvalue weighted by Crippen LogP contribution is 2.43. The predicted octanol–water partition coefficient (Wildman–Crippen LogP) is 13.2. The van der Waals surface area contributed by atoms with Crippen LogP contribution in [0.4, 0.5) is 0 Å². The quantitative estimate of drug-likeness (QED) is 0.0234. The number of phosphoric ester groups is 1. The molecule has 0 aromatic heterocycles. The summed E-state index contributed by atoms with van der Waals surface area (Å²) in [6, 6.07) is 0. The highest BCUT2D eigenvalue weighted by Gasteiger charge is 2.27. The molecule has 58 heavy (non-hydrogen) atoms. The molecule has 0 saturated carbocycles. The largest absolute Gasteiger partial charge is 0.472 e. The predicted molar refractivity (Wildman–Crippen MR) is 238 cm³/mol. The fourth-order valence-electron chi connectivity index (χ4n) is 6.93. The van der Waals surface area contributed by atoms with Crippen LogP contribution in [0.5, 0.6) is 0 Å². The molecule has 0 aliphatic heterocycles. The van der Waals surface area contributed by atoms with Crippen LogP contribution in [-0.4, -0.2) is 65.7 Å². The molecular weight excluding hydrogens is 755 g/mol. The molecule has 0 aromatic rings. The van der Waals surface area contributed by atoms with Crippen molar-refractivity contribution in [1.29, 1.82) is 0 Å². The van der Waals surface area contributed by atoms with E-state index in [1.165, 1.54) is 141 Å². The van der Waals surface area contributed by atoms with Crippen molar-refractivity contribution in [3.8, 4) is 0 Å². The van der Waals surface area contributed by atoms with Crippen molar-refractivity contribution in [2.24, 2.45) is 0 Å². The lowest BCUT2D eigenvalue weighted by molar-refractivity contribution is -0.161. The second kappa shape index (κ2) is 43.8. The molecule has 10 nitrogen and oxygen atoms in total. The number of unbranched alkanes of at least 4 members (excludes halogenated alkanes) is 30. The zero-order valence-electron chi connectivity index (χ0n) is 37.5. The van der Waals surface area contributed by atoms with Crippen molar-refractivity contribution in [2.45, 2.75) is 251 Å². The minimum Gasteiger partial charge on any atom is -0.462 e. The molecule has 0 aliphatic carbocycles. The first-order valence-corrected chi connectivity index (χ1v) is 25.6. The molecule has 3 unspecified atom stereocenters. The second-order valence-electron chi connectivity index (χ2n) is 16.5. The molecule has 0 aliphatic rings. The Morgan fingerprint density at radius 1 is 0.500 bits per heavy atom. The fourth-order valence-corrected chi connectivity index (χ4v) is 7.72. The molecule has 3 atom stereocenters. The van der Waals surface area contributed by atoms with Crippen LogP contribution in [-0.2, 0) is 32.7 Å². The zero-order chi connectivity index (χ0) is 42.6. The molecule has 0 aromatic carbocycles. The normalized spacial score (nSPS) is 13.8. The average Bonchev–Trinajstić information content (AvgIpc) is 3.21. The van der Waals surface area contributed by atoms with E-state index in [4.69, 9.17) is 23.6 Å². The van der Waals surface area contributed by atoms with Gasteiger partial charge in [-0.05, 0) is 38.5 Å². The van der Waals surface area contributed by atoms with Gasteiger partial charge in [-0.25, -0.2) is 4.57 Å². The molecule has 0 rings (SSSR count). The SMILES string of the molecule is CCCCCCCC/C=C\CCCCCCCC(=O)OC(COC(=O)CCCCCCCCCCCCCCCCCCCCCC)COP(=O)(O)OCC(O)CO. The van der Waals surface area contributed by atoms with Crippen LogP contribution < -0.4 is 0 Å². The van der Waals surface area contributed by atoms with Crippen molar-refractivity contribution < 1.29 is 47.8 Å². The van der Waals surface area contributed by atoms with Crippen molar-refractivity contribution in [3.63, 3.8) is 0 Å². The summed E-state index contributed by atoms with van der Waals surface area (Å²) in [4.78, 5) is 35.1. The molecule has 0 bridgehead atoms. The third kappa shape index (κ3) is 42.8. The average molecular weight is 847 g/mol. The number of allylic oxidation sites excluding steroid dienone is 2. The van der Waals surface area contributed by atoms with Crippen molar-refractivity contribution in [2.75, 3.05) is 26.4 Å². The van der Waals surface area contributed by atoms with Gasteiger partial charge in [0.1, 0.15) is 12.7 Å². The van der Waals surface area contributed by atoms with E-state index in [0.29, 0.717) is 12.8 Å². The van der Waals surface area contributed by atoms with Crippen molar-refractivity contribution in [3.05, 3.63) is 12.2 Å². The van der Waals surface area contributed by atoms with E-state index in [0.717, 1.165) is 57.8 Å². The molecule has 0 saturated heterocycles. The van der Waals surface area contributed by atoms with Crippen molar-refractivity contribution >= 4 is 19.8 Å². The number of aliphatic hydroxyl groups excluding tert-OH is 2. The summed E-state index contributed by atoms with van der Waals surface area (Å²) in [5.74, 6) is -0.920. The number of carbonyl (C=O) groups is 2. The Labute approximate surface area is 356 Å². The number of hydrogen-bond donors (Lipinski definition) is 3. The van der Waals surface area contributed by atoms with E-state index < -0.39 is 51.8 Å². The van der Waals surface area contributed by atoms with Crippen LogP contribution >= 0.6 is 7.82 Å². The lowest BCUT2D eigenvalue weighted by Gasteiger charge is -2.20. The van der Waals surface area contributed by atoms with Crippen LogP contribution in [0.1, 0.15) is 239 Å². The molecule has 0 heterocycles. The van der Waals surface area contributed by atoms with Gasteiger partial charge >= 0.3 is 19.8 Å². The van der Waals surface area contributed by atoms with E-state index >= 15 is 0 Å². The van der Waals surface area contributed by atoms with Gasteiger partial charge < -0.3 is 24.6 Å². The molecule has 3 N–H and O–H groups in total. The molecule has 0 amide bonds. The highest BCUT2D eigenvalue weighted by molar-refractivity contribution is 7.47. The Morgan fingerprint density at radius 3 is 1.24 bits per heavy atom. The number of rotatable bonds is 46. The van der Waals surface area contributed by atoms with Gasteiger partial charge in [0.25, 0.3) is 0 Å². The highest BCUT2D eigenvalue weighted by atomic mass is 31.2. The van der Waals surface area contributed by atoms with Gasteiger partial charge in [0.05, 0.1) is 19.8 Å². The maximum Gasteiger partial charge on any atom is 0.472 e. The van der Waals surface area contributed by atoms with Gasteiger partial charge in [0.15, 0.2) is 6.10 Å². The number of carbonyl (C=O) groups excluding carboxylic acids is 2. The van der Waals surface area contributed by atoms with Crippen LogP contribution in [0.25, 0.3) is 0 Å². The van der Waals surface area contributed by atoms with E-state index in [9.17, 15) is 24.2 Å². The monoisotopic (exact) mass is 847 g/mol. The summed E-state index contributed by atoms with van der Waals surface area (Å²) in [6.45, 7) is 2.41. The van der Waals surface area contributed by atoms with E-state index in [-0.39, 0.29) is 19.4 Å². The lowest BCUT2D eigenvalue weighted by atomic mass is 10.0. The summed E-state index contributed by atoms with van der Waals surface area (Å²) in [7, 11) is -4.62. The Bertz CT molecular complexity index is 977. The summed E-state index contributed by atoms with van der Waals surface area (Å²) in [6.07, 6.45) is 43.2. The minimum atomic E-state index is -4.62. The number of aliphatic hydroxyl groups is 2.